The van der Waals surface area contributed by atoms with Crippen molar-refractivity contribution in [1.29, 1.82) is 0 Å². The van der Waals surface area contributed by atoms with Crippen molar-refractivity contribution in [3.63, 3.8) is 0 Å². The van der Waals surface area contributed by atoms with Gasteiger partial charge in [-0.15, -0.1) is 0 Å². The quantitative estimate of drug-likeness (QED) is 0.313. The van der Waals surface area contributed by atoms with Crippen LogP contribution in [0.2, 0.25) is 0 Å². The second kappa shape index (κ2) is 7.64. The van der Waals surface area contributed by atoms with Crippen LogP contribution in [0.1, 0.15) is 77.0 Å². The van der Waals surface area contributed by atoms with Gasteiger partial charge in [0.2, 0.25) is 0 Å². The van der Waals surface area contributed by atoms with Crippen LogP contribution in [-0.4, -0.2) is 11.6 Å². The molecule has 1 saturated heterocycles. The van der Waals surface area contributed by atoms with Gasteiger partial charge in [-0.2, -0.15) is 0 Å². The molecular weight excluding hydrogens is 392 g/mol. The lowest BCUT2D eigenvalue weighted by atomic mass is 10.0. The maximum absolute atomic E-state index is 13.0. The van der Waals surface area contributed by atoms with Gasteiger partial charge < -0.3 is 0 Å². The molecule has 0 radical (unpaired) electrons. The molecule has 5 rings (SSSR count). The maximum atomic E-state index is 13.0. The second-order valence-corrected chi connectivity index (χ2v) is 11.7. The van der Waals surface area contributed by atoms with Gasteiger partial charge in [-0.3, -0.25) is 9.59 Å². The smallest absolute Gasteiger partial charge is 0.186 e. The largest absolute Gasteiger partial charge is 0.289 e. The molecule has 0 aromatic rings. The topological polar surface area (TPSA) is 34.1 Å². The molecule has 4 saturated carbocycles. The molecule has 0 N–H and O–H groups in total. The summed E-state index contributed by atoms with van der Waals surface area (Å²) in [5.41, 5.74) is 7.12. The number of hydrogen-bond acceptors (Lipinski definition) is 5. The first kappa shape index (κ1) is 18.4. The van der Waals surface area contributed by atoms with Crippen molar-refractivity contribution in [1.82, 2.24) is 0 Å². The fraction of sp³-hybridized carbons (Fsp3) is 0.545. The van der Waals surface area contributed by atoms with Crippen molar-refractivity contribution < 1.29 is 9.59 Å². The molecule has 0 bridgehead atoms. The lowest BCUT2D eigenvalue weighted by molar-refractivity contribution is -0.112. The Labute approximate surface area is 173 Å². The molecule has 0 aromatic carbocycles. The van der Waals surface area contributed by atoms with Crippen LogP contribution in [0.3, 0.4) is 0 Å². The third-order valence-corrected chi connectivity index (χ3v) is 11.1. The van der Waals surface area contributed by atoms with Crippen molar-refractivity contribution in [2.24, 2.45) is 0 Å². The van der Waals surface area contributed by atoms with E-state index in [0.717, 1.165) is 82.1 Å². The van der Waals surface area contributed by atoms with E-state index in [4.69, 9.17) is 0 Å². The van der Waals surface area contributed by atoms with Crippen LogP contribution < -0.4 is 0 Å². The summed E-state index contributed by atoms with van der Waals surface area (Å²) in [5.74, 6) is 0.612. The number of carbonyl (C=O) groups excluding carboxylic acids is 2. The van der Waals surface area contributed by atoms with Gasteiger partial charge >= 0.3 is 0 Å². The summed E-state index contributed by atoms with van der Waals surface area (Å²) in [6.45, 7) is 0. The Balaban J connectivity index is 1.39. The predicted molar refractivity (Wildman–Crippen MR) is 116 cm³/mol. The van der Waals surface area contributed by atoms with Gasteiger partial charge in [0, 0.05) is 11.1 Å². The Morgan fingerprint density at radius 3 is 1.26 bits per heavy atom. The maximum Gasteiger partial charge on any atom is 0.186 e. The molecule has 4 aliphatic carbocycles. The lowest BCUT2D eigenvalue weighted by Gasteiger charge is -2.03. The minimum atomic E-state index is 0.306. The van der Waals surface area contributed by atoms with E-state index in [0.29, 0.717) is 11.6 Å². The number of allylic oxidation sites excluding steroid dienone is 6. The Bertz CT molecular complexity index is 771. The third-order valence-electron chi connectivity index (χ3n) is 6.49. The van der Waals surface area contributed by atoms with Crippen molar-refractivity contribution >= 4 is 44.9 Å². The highest BCUT2D eigenvalue weighted by Crippen LogP contribution is 2.61. The van der Waals surface area contributed by atoms with E-state index in [1.165, 1.54) is 36.8 Å². The van der Waals surface area contributed by atoms with Crippen molar-refractivity contribution in [3.8, 4) is 0 Å². The number of rotatable bonds is 0. The molecular formula is C22H24O2S3. The van der Waals surface area contributed by atoms with E-state index in [1.54, 1.807) is 33.3 Å². The highest BCUT2D eigenvalue weighted by molar-refractivity contribution is 8.86. The molecule has 0 unspecified atom stereocenters. The summed E-state index contributed by atoms with van der Waals surface area (Å²) < 4.78 is 2.30. The van der Waals surface area contributed by atoms with Gasteiger partial charge in [0.15, 0.2) is 11.6 Å². The van der Waals surface area contributed by atoms with Crippen LogP contribution in [0, 0.1) is 0 Å². The summed E-state index contributed by atoms with van der Waals surface area (Å²) in [5, 5.41) is 0. The molecule has 5 aliphatic rings. The van der Waals surface area contributed by atoms with Gasteiger partial charge in [0.25, 0.3) is 0 Å². The molecule has 5 heteroatoms. The minimum absolute atomic E-state index is 0.306. The normalized spacial score (nSPS) is 32.1. The Morgan fingerprint density at radius 1 is 0.481 bits per heavy atom. The van der Waals surface area contributed by atoms with Crippen molar-refractivity contribution in [2.75, 3.05) is 0 Å². The number of carbonyl (C=O) groups is 2. The molecule has 0 spiro atoms. The van der Waals surface area contributed by atoms with Crippen LogP contribution >= 0.6 is 33.3 Å². The molecule has 2 nitrogen and oxygen atoms in total. The first-order chi connectivity index (χ1) is 13.2. The molecule has 1 heterocycles. The highest BCUT2D eigenvalue weighted by Gasteiger charge is 2.36. The second-order valence-electron chi connectivity index (χ2n) is 8.04. The van der Waals surface area contributed by atoms with E-state index in [-0.39, 0.29) is 0 Å². The van der Waals surface area contributed by atoms with Crippen molar-refractivity contribution in [3.05, 3.63) is 41.9 Å². The van der Waals surface area contributed by atoms with Gasteiger partial charge in [-0.05, 0) is 110 Å². The zero-order valence-corrected chi connectivity index (χ0v) is 18.0. The van der Waals surface area contributed by atoms with Crippen LogP contribution in [0.5, 0.6) is 0 Å². The van der Waals surface area contributed by atoms with E-state index >= 15 is 0 Å². The van der Waals surface area contributed by atoms with Gasteiger partial charge in [0.05, 0.1) is 8.47 Å². The summed E-state index contributed by atoms with van der Waals surface area (Å²) in [4.78, 5) is 25.9. The summed E-state index contributed by atoms with van der Waals surface area (Å²) in [6, 6.07) is 0. The number of Topliss-reactive ketones (excluding diaryl/α,β-unsaturated/α-hetero) is 2. The average Bonchev–Trinajstić information content (AvgIpc) is 3.46. The van der Waals surface area contributed by atoms with Crippen LogP contribution in [-0.2, 0) is 9.59 Å². The van der Waals surface area contributed by atoms with Crippen LogP contribution in [0.4, 0.5) is 0 Å². The molecule has 1 aliphatic heterocycles. The van der Waals surface area contributed by atoms with Gasteiger partial charge in [-0.25, -0.2) is 0 Å². The average molecular weight is 417 g/mol. The van der Waals surface area contributed by atoms with Crippen molar-refractivity contribution in [2.45, 2.75) is 77.0 Å². The summed E-state index contributed by atoms with van der Waals surface area (Å²) >= 11 is 1.70. The number of hydrogen-bond donors (Lipinski definition) is 0. The number of thioether (sulfide) groups is 1. The van der Waals surface area contributed by atoms with E-state index in [2.05, 4.69) is 0 Å². The zero-order valence-electron chi connectivity index (χ0n) is 15.5. The van der Waals surface area contributed by atoms with Gasteiger partial charge in [0.1, 0.15) is 0 Å². The fourth-order valence-electron chi connectivity index (χ4n) is 5.01. The Hall–Kier alpha value is -0.650. The molecule has 0 aromatic heterocycles. The van der Waals surface area contributed by atoms with E-state index in [1.807, 2.05) is 0 Å². The standard InChI is InChI=1S/C22H24O2S3/c23-19-15(13-5-1-2-6-13)9-11-17(19)21-25-22(27-26-21)18-12-10-16(20(18)24)14-7-3-4-8-14/h1-12H2/b21-17-,22-18?. The first-order valence-electron chi connectivity index (χ1n) is 10.2. The zero-order chi connectivity index (χ0) is 18.4. The van der Waals surface area contributed by atoms with E-state index < -0.39 is 0 Å². The Kier molecular flexibility index (Phi) is 5.20. The highest BCUT2D eigenvalue weighted by atomic mass is 33.1. The molecule has 5 fully saturated rings. The predicted octanol–water partition coefficient (Wildman–Crippen LogP) is 7.00. The number of ketones is 2. The van der Waals surface area contributed by atoms with Crippen LogP contribution in [0.25, 0.3) is 0 Å². The molecule has 142 valence electrons. The first-order valence-corrected chi connectivity index (χ1v) is 13.2. The summed E-state index contributed by atoms with van der Waals surface area (Å²) in [7, 11) is 3.42. The molecule has 0 atom stereocenters. The SMILES string of the molecule is O=C1C(=C2CCCC2)CCC1=C1SS/C(=C2/CCC(=C3CCCC3)C2=O)S1. The molecule has 0 amide bonds. The van der Waals surface area contributed by atoms with E-state index in [9.17, 15) is 9.59 Å². The third kappa shape index (κ3) is 3.34. The van der Waals surface area contributed by atoms with Gasteiger partial charge in [-0.1, -0.05) is 22.9 Å². The lowest BCUT2D eigenvalue weighted by Crippen LogP contribution is -2.00. The summed E-state index contributed by atoms with van der Waals surface area (Å²) in [6.07, 6.45) is 13.1. The molecule has 27 heavy (non-hydrogen) atoms. The Morgan fingerprint density at radius 2 is 0.852 bits per heavy atom. The van der Waals surface area contributed by atoms with Crippen LogP contribution in [0.15, 0.2) is 41.9 Å². The minimum Gasteiger partial charge on any atom is -0.289 e. The monoisotopic (exact) mass is 416 g/mol. The fourth-order valence-corrected chi connectivity index (χ4v) is 9.77.